The quantitative estimate of drug-likeness (QED) is 0.601. The number of carbonyl (C=O) groups is 2. The van der Waals surface area contributed by atoms with Crippen LogP contribution in [0.1, 0.15) is 65.7 Å². The molecule has 0 saturated carbocycles. The molecule has 2 bridgehead atoms. The molecule has 4 heterocycles. The fourth-order valence-electron chi connectivity index (χ4n) is 6.88. The monoisotopic (exact) mass is 574 g/mol. The van der Waals surface area contributed by atoms with Crippen LogP contribution in [0.2, 0.25) is 0 Å². The second kappa shape index (κ2) is 11.3. The lowest BCUT2D eigenvalue weighted by Gasteiger charge is -2.50. The second-order valence-electron chi connectivity index (χ2n) is 12.6. The molecule has 1 N–H and O–H groups in total. The summed E-state index contributed by atoms with van der Waals surface area (Å²) in [7, 11) is -2.25. The van der Waals surface area contributed by atoms with E-state index >= 15 is 0 Å². The van der Waals surface area contributed by atoms with Gasteiger partial charge in [0.25, 0.3) is 0 Å². The van der Waals surface area contributed by atoms with E-state index in [0.717, 1.165) is 19.3 Å². The van der Waals surface area contributed by atoms with E-state index in [9.17, 15) is 22.8 Å². The summed E-state index contributed by atoms with van der Waals surface area (Å²) in [6, 6.07) is 4.56. The van der Waals surface area contributed by atoms with E-state index in [2.05, 4.69) is 26.1 Å². The van der Waals surface area contributed by atoms with Crippen LogP contribution in [0.4, 0.5) is 0 Å². The van der Waals surface area contributed by atoms with E-state index in [1.165, 1.54) is 16.7 Å². The van der Waals surface area contributed by atoms with Crippen LogP contribution in [0.25, 0.3) is 11.1 Å². The van der Waals surface area contributed by atoms with Gasteiger partial charge in [0.2, 0.25) is 21.8 Å². The summed E-state index contributed by atoms with van der Waals surface area (Å²) in [5, 5.41) is 3.21. The molecular weight excluding hydrogens is 532 g/mol. The number of hydrogen-bond acceptors (Lipinski definition) is 6. The molecule has 0 aliphatic carbocycles. The zero-order chi connectivity index (χ0) is 28.8. The lowest BCUT2D eigenvalue weighted by atomic mass is 9.78. The maximum atomic E-state index is 13.8. The molecule has 2 aromatic rings. The Bertz CT molecular complexity index is 1430. The Balaban J connectivity index is 1.37. The Labute approximate surface area is 236 Å². The van der Waals surface area contributed by atoms with Crippen molar-refractivity contribution >= 4 is 32.9 Å². The molecule has 10 nitrogen and oxygen atoms in total. The summed E-state index contributed by atoms with van der Waals surface area (Å²) < 4.78 is 35.6. The highest BCUT2D eigenvalue weighted by Crippen LogP contribution is 2.38. The highest BCUT2D eigenvalue weighted by Gasteiger charge is 2.45. The maximum absolute atomic E-state index is 13.8. The molecule has 220 valence electrons. The van der Waals surface area contributed by atoms with Gasteiger partial charge in [0.1, 0.15) is 0 Å². The first-order valence-electron chi connectivity index (χ1n) is 14.6. The van der Waals surface area contributed by atoms with Crippen molar-refractivity contribution in [3.63, 3.8) is 0 Å². The number of aromatic nitrogens is 1. The van der Waals surface area contributed by atoms with Gasteiger partial charge in [0.15, 0.2) is 5.58 Å². The Morgan fingerprint density at radius 2 is 1.82 bits per heavy atom. The highest BCUT2D eigenvalue weighted by molar-refractivity contribution is 7.89. The van der Waals surface area contributed by atoms with Crippen LogP contribution in [0, 0.1) is 23.7 Å². The van der Waals surface area contributed by atoms with Crippen molar-refractivity contribution in [3.05, 3.63) is 28.7 Å². The number of amides is 2. The predicted octanol–water partition coefficient (Wildman–Crippen LogP) is 3.10. The summed E-state index contributed by atoms with van der Waals surface area (Å²) in [5.41, 5.74) is 0.778. The van der Waals surface area contributed by atoms with Gasteiger partial charge in [-0.05, 0) is 67.9 Å². The van der Waals surface area contributed by atoms with Gasteiger partial charge in [-0.25, -0.2) is 13.2 Å². The van der Waals surface area contributed by atoms with Crippen LogP contribution in [0.3, 0.4) is 0 Å². The second-order valence-corrected chi connectivity index (χ2v) is 14.5. The third-order valence-corrected chi connectivity index (χ3v) is 11.0. The molecule has 2 amide bonds. The van der Waals surface area contributed by atoms with E-state index in [1.807, 2.05) is 4.90 Å². The van der Waals surface area contributed by atoms with Crippen LogP contribution in [-0.4, -0.2) is 65.7 Å². The lowest BCUT2D eigenvalue weighted by Crippen LogP contribution is -2.60. The van der Waals surface area contributed by atoms with Crippen molar-refractivity contribution in [2.45, 2.75) is 82.7 Å². The van der Waals surface area contributed by atoms with Crippen molar-refractivity contribution < 1.29 is 22.4 Å². The van der Waals surface area contributed by atoms with Crippen LogP contribution in [-0.2, 0) is 26.7 Å². The Morgan fingerprint density at radius 3 is 2.58 bits per heavy atom. The number of piperidine rings is 2. The van der Waals surface area contributed by atoms with Gasteiger partial charge in [-0.3, -0.25) is 14.2 Å². The summed E-state index contributed by atoms with van der Waals surface area (Å²) in [5.74, 6) is 0.236. The Kier molecular flexibility index (Phi) is 8.16. The van der Waals surface area contributed by atoms with Gasteiger partial charge in [0.05, 0.1) is 10.4 Å². The van der Waals surface area contributed by atoms with Crippen LogP contribution < -0.4 is 11.1 Å². The topological polar surface area (TPSA) is 122 Å². The SMILES string of the molecule is CC(C)[C@@H]1CC[C@@H](C)CC(=O)N2C[C@H]3C[C@@H](CN(S(=O)(=O)c4ccc5c(c4)oc(=O)n5C)C3)[C@@H]2CCCC(=O)N1. The van der Waals surface area contributed by atoms with E-state index in [0.29, 0.717) is 56.8 Å². The van der Waals surface area contributed by atoms with Gasteiger partial charge in [-0.1, -0.05) is 20.8 Å². The fourth-order valence-corrected chi connectivity index (χ4v) is 8.47. The zero-order valence-corrected chi connectivity index (χ0v) is 24.8. The number of sulfonamides is 1. The van der Waals surface area contributed by atoms with Crippen molar-refractivity contribution in [3.8, 4) is 0 Å². The van der Waals surface area contributed by atoms with Crippen molar-refractivity contribution in [1.82, 2.24) is 19.1 Å². The summed E-state index contributed by atoms with van der Waals surface area (Å²) >= 11 is 0. The van der Waals surface area contributed by atoms with Crippen LogP contribution >= 0.6 is 0 Å². The van der Waals surface area contributed by atoms with Crippen LogP contribution in [0.15, 0.2) is 32.3 Å². The number of benzene rings is 1. The average Bonchev–Trinajstić information content (AvgIpc) is 3.19. The molecule has 5 rings (SSSR count). The number of aryl methyl sites for hydroxylation is 1. The van der Waals surface area contributed by atoms with Gasteiger partial charge < -0.3 is 14.6 Å². The van der Waals surface area contributed by atoms with Crippen molar-refractivity contribution in [2.24, 2.45) is 30.7 Å². The van der Waals surface area contributed by atoms with E-state index < -0.39 is 15.8 Å². The summed E-state index contributed by atoms with van der Waals surface area (Å²) in [4.78, 5) is 40.4. The number of oxazole rings is 1. The number of rotatable bonds is 3. The smallest absolute Gasteiger partial charge is 0.408 e. The number of fused-ring (bicyclic) bond motifs is 5. The van der Waals surface area contributed by atoms with E-state index in [-0.39, 0.29) is 52.1 Å². The molecule has 3 fully saturated rings. The van der Waals surface area contributed by atoms with E-state index in [1.54, 1.807) is 17.4 Å². The summed E-state index contributed by atoms with van der Waals surface area (Å²) in [6.45, 7) is 7.55. The zero-order valence-electron chi connectivity index (χ0n) is 24.0. The van der Waals surface area contributed by atoms with Crippen molar-refractivity contribution in [1.29, 1.82) is 0 Å². The average molecular weight is 575 g/mol. The van der Waals surface area contributed by atoms with Gasteiger partial charge in [0, 0.05) is 57.7 Å². The van der Waals surface area contributed by atoms with Gasteiger partial charge in [-0.15, -0.1) is 0 Å². The number of carbonyl (C=O) groups excluding carboxylic acids is 2. The molecule has 1 aromatic carbocycles. The third kappa shape index (κ3) is 5.72. The van der Waals surface area contributed by atoms with Gasteiger partial charge in [-0.2, -0.15) is 4.31 Å². The number of nitrogens with zero attached hydrogens (tertiary/aromatic N) is 3. The molecule has 3 aliphatic heterocycles. The third-order valence-electron chi connectivity index (χ3n) is 9.21. The molecular formula is C29H42N4O6S. The normalized spacial score (nSPS) is 29.4. The standard InChI is InChI=1S/C29H42N4O6S/c1-18(2)23-10-8-19(3)12-28(35)33-16-20-13-21(24(33)6-5-7-27(34)30-23)17-32(15-20)40(37,38)22-9-11-25-26(14-22)39-29(36)31(25)4/h9,11,14,18-21,23-24H,5-8,10,12-13,15-17H2,1-4H3,(H,30,34)/t19-,20+,21+,23+,24+/m1/s1. The highest BCUT2D eigenvalue weighted by atomic mass is 32.2. The molecule has 3 aliphatic rings. The molecule has 0 unspecified atom stereocenters. The van der Waals surface area contributed by atoms with Gasteiger partial charge >= 0.3 is 5.76 Å². The molecule has 5 atom stereocenters. The Morgan fingerprint density at radius 1 is 1.05 bits per heavy atom. The fraction of sp³-hybridized carbons (Fsp3) is 0.690. The van der Waals surface area contributed by atoms with E-state index in [4.69, 9.17) is 4.42 Å². The first-order valence-corrected chi connectivity index (χ1v) is 16.1. The number of hydrogen-bond donors (Lipinski definition) is 1. The first-order chi connectivity index (χ1) is 18.9. The minimum absolute atomic E-state index is 0.00322. The van der Waals surface area contributed by atoms with Crippen molar-refractivity contribution in [2.75, 3.05) is 19.6 Å². The molecule has 1 aromatic heterocycles. The minimum Gasteiger partial charge on any atom is -0.408 e. The minimum atomic E-state index is -3.83. The lowest BCUT2D eigenvalue weighted by molar-refractivity contribution is -0.141. The largest absolute Gasteiger partial charge is 0.419 e. The molecule has 11 heteroatoms. The molecule has 40 heavy (non-hydrogen) atoms. The predicted molar refractivity (Wildman–Crippen MR) is 151 cm³/mol. The number of nitrogens with one attached hydrogen (secondary N) is 1. The molecule has 3 saturated heterocycles. The Hall–Kier alpha value is -2.66. The summed E-state index contributed by atoms with van der Waals surface area (Å²) in [6.07, 6.45) is 4.79. The maximum Gasteiger partial charge on any atom is 0.419 e. The molecule has 0 radical (unpaired) electrons. The first kappa shape index (κ1) is 28.9. The molecule has 0 spiro atoms. The van der Waals surface area contributed by atoms with Crippen LogP contribution in [0.5, 0.6) is 0 Å².